The van der Waals surface area contributed by atoms with Crippen molar-refractivity contribution in [3.63, 3.8) is 0 Å². The molecule has 0 aliphatic carbocycles. The highest BCUT2D eigenvalue weighted by molar-refractivity contribution is 7.90. The van der Waals surface area contributed by atoms with Crippen LogP contribution < -0.4 is 4.90 Å². The lowest BCUT2D eigenvalue weighted by Crippen LogP contribution is -2.30. The van der Waals surface area contributed by atoms with Gasteiger partial charge in [-0.05, 0) is 35.9 Å². The van der Waals surface area contributed by atoms with Crippen molar-refractivity contribution in [3.8, 4) is 0 Å². The van der Waals surface area contributed by atoms with Gasteiger partial charge in [-0.2, -0.15) is 0 Å². The summed E-state index contributed by atoms with van der Waals surface area (Å²) in [6, 6.07) is 19.9. The molecule has 1 heterocycles. The number of fused-ring (bicyclic) bond motifs is 1. The van der Waals surface area contributed by atoms with Crippen LogP contribution in [0.3, 0.4) is 0 Å². The summed E-state index contributed by atoms with van der Waals surface area (Å²) in [6.45, 7) is 0.213. The van der Waals surface area contributed by atoms with Crippen LogP contribution in [0.25, 0.3) is 10.2 Å². The summed E-state index contributed by atoms with van der Waals surface area (Å²) in [5.41, 5.74) is 1.28. The van der Waals surface area contributed by atoms with Gasteiger partial charge in [0, 0.05) is 11.8 Å². The second kappa shape index (κ2) is 7.97. The molecule has 30 heavy (non-hydrogen) atoms. The molecule has 0 radical (unpaired) electrons. The van der Waals surface area contributed by atoms with E-state index in [4.69, 9.17) is 0 Å². The zero-order chi connectivity index (χ0) is 21.3. The topological polar surface area (TPSA) is 67.3 Å². The minimum atomic E-state index is -3.47. The van der Waals surface area contributed by atoms with E-state index in [0.717, 1.165) is 11.8 Å². The zero-order valence-electron chi connectivity index (χ0n) is 15.9. The molecule has 0 saturated heterocycles. The predicted octanol–water partition coefficient (Wildman–Crippen LogP) is 4.69. The Morgan fingerprint density at radius 1 is 1.03 bits per heavy atom. The van der Waals surface area contributed by atoms with Gasteiger partial charge >= 0.3 is 0 Å². The number of amides is 1. The summed E-state index contributed by atoms with van der Waals surface area (Å²) in [7, 11) is -3.47. The van der Waals surface area contributed by atoms with Crippen molar-refractivity contribution in [2.75, 3.05) is 11.2 Å². The Morgan fingerprint density at radius 3 is 2.47 bits per heavy atom. The van der Waals surface area contributed by atoms with Gasteiger partial charge in [-0.25, -0.2) is 17.8 Å². The second-order valence-electron chi connectivity index (χ2n) is 6.76. The number of hydrogen-bond acceptors (Lipinski definition) is 5. The van der Waals surface area contributed by atoms with Gasteiger partial charge < -0.3 is 0 Å². The monoisotopic (exact) mass is 440 g/mol. The second-order valence-corrected chi connectivity index (χ2v) is 9.78. The smallest absolute Gasteiger partial charge is 0.260 e. The molecule has 8 heteroatoms. The molecular formula is C22H17FN2O3S2. The number of halogens is 1. The molecule has 0 aliphatic rings. The van der Waals surface area contributed by atoms with Gasteiger partial charge in [0.1, 0.15) is 11.3 Å². The fraction of sp³-hybridized carbons (Fsp3) is 0.0909. The van der Waals surface area contributed by atoms with Crippen LogP contribution in [0.1, 0.15) is 15.9 Å². The molecule has 0 N–H and O–H groups in total. The summed E-state index contributed by atoms with van der Waals surface area (Å²) in [6.07, 6.45) is 1.09. The number of sulfone groups is 1. The highest BCUT2D eigenvalue weighted by atomic mass is 32.2. The van der Waals surface area contributed by atoms with E-state index in [1.54, 1.807) is 18.2 Å². The number of nitrogens with zero attached hydrogens (tertiary/aromatic N) is 2. The number of carbonyl (C=O) groups excluding carboxylic acids is 1. The number of benzene rings is 3. The molecule has 0 spiro atoms. The average molecular weight is 441 g/mol. The lowest BCUT2D eigenvalue weighted by atomic mass is 10.1. The molecule has 3 aromatic carbocycles. The molecule has 1 amide bonds. The van der Waals surface area contributed by atoms with Crippen LogP contribution in [0.15, 0.2) is 77.7 Å². The summed E-state index contributed by atoms with van der Waals surface area (Å²) in [5, 5.41) is 0.341. The maximum Gasteiger partial charge on any atom is 0.260 e. The van der Waals surface area contributed by atoms with Crippen LogP contribution in [-0.4, -0.2) is 25.6 Å². The van der Waals surface area contributed by atoms with E-state index in [1.165, 1.54) is 40.5 Å². The van der Waals surface area contributed by atoms with Gasteiger partial charge in [0.2, 0.25) is 0 Å². The van der Waals surface area contributed by atoms with Gasteiger partial charge in [-0.1, -0.05) is 53.8 Å². The summed E-state index contributed by atoms with van der Waals surface area (Å²) in [4.78, 5) is 19.3. The molecule has 0 aliphatic heterocycles. The van der Waals surface area contributed by atoms with Gasteiger partial charge in [0.15, 0.2) is 15.0 Å². The zero-order valence-corrected chi connectivity index (χ0v) is 17.6. The SMILES string of the molecule is CS(=O)(=O)c1cccc(C(=O)N(Cc2ccccc2)c2nc3c(F)cccc3s2)c1. The van der Waals surface area contributed by atoms with E-state index in [0.29, 0.717) is 9.83 Å². The molecule has 0 fully saturated rings. The third-order valence-corrected chi connectivity index (χ3v) is 6.68. The van der Waals surface area contributed by atoms with Crippen LogP contribution in [0, 0.1) is 5.82 Å². The normalized spacial score (nSPS) is 11.5. The molecule has 0 unspecified atom stereocenters. The Morgan fingerprint density at radius 2 is 1.77 bits per heavy atom. The van der Waals surface area contributed by atoms with E-state index in [2.05, 4.69) is 4.98 Å². The Labute approximate surface area is 177 Å². The van der Waals surface area contributed by atoms with Crippen molar-refractivity contribution < 1.29 is 17.6 Å². The fourth-order valence-electron chi connectivity index (χ4n) is 3.03. The quantitative estimate of drug-likeness (QED) is 0.452. The molecule has 0 atom stereocenters. The first-order valence-corrected chi connectivity index (χ1v) is 11.7. The number of hydrogen-bond donors (Lipinski definition) is 0. The molecule has 0 bridgehead atoms. The number of carbonyl (C=O) groups is 1. The van der Waals surface area contributed by atoms with Crippen LogP contribution >= 0.6 is 11.3 Å². The summed E-state index contributed by atoms with van der Waals surface area (Å²) < 4.78 is 38.6. The maximum absolute atomic E-state index is 14.2. The van der Waals surface area contributed by atoms with Crippen molar-refractivity contribution in [2.45, 2.75) is 11.4 Å². The van der Waals surface area contributed by atoms with Crippen molar-refractivity contribution in [3.05, 3.63) is 89.7 Å². The number of aromatic nitrogens is 1. The van der Waals surface area contributed by atoms with Crippen molar-refractivity contribution in [1.82, 2.24) is 4.98 Å². The molecule has 1 aromatic heterocycles. The van der Waals surface area contributed by atoms with Crippen LogP contribution in [-0.2, 0) is 16.4 Å². The van der Waals surface area contributed by atoms with Gasteiger partial charge in [0.25, 0.3) is 5.91 Å². The highest BCUT2D eigenvalue weighted by Gasteiger charge is 2.23. The highest BCUT2D eigenvalue weighted by Crippen LogP contribution is 2.32. The Bertz CT molecular complexity index is 1340. The van der Waals surface area contributed by atoms with Crippen molar-refractivity contribution in [2.24, 2.45) is 0 Å². The van der Waals surface area contributed by atoms with Crippen LogP contribution in [0.4, 0.5) is 9.52 Å². The number of anilines is 1. The molecule has 0 saturated carbocycles. The fourth-order valence-corrected chi connectivity index (χ4v) is 4.67. The molecular weight excluding hydrogens is 423 g/mol. The first-order chi connectivity index (χ1) is 14.3. The minimum absolute atomic E-state index is 0.0587. The first kappa shape index (κ1) is 20.2. The van der Waals surface area contributed by atoms with E-state index in [-0.39, 0.29) is 22.5 Å². The van der Waals surface area contributed by atoms with Gasteiger partial charge in [0.05, 0.1) is 16.1 Å². The molecule has 4 rings (SSSR count). The average Bonchev–Trinajstić information content (AvgIpc) is 3.17. The Kier molecular flexibility index (Phi) is 5.36. The third kappa shape index (κ3) is 4.10. The standard InChI is InChI=1S/C22H17FN2O3S2/c1-30(27,28)17-10-5-9-16(13-17)21(26)25(14-15-7-3-2-4-8-15)22-24-20-18(23)11-6-12-19(20)29-22/h2-13H,14H2,1H3. The predicted molar refractivity (Wildman–Crippen MR) is 116 cm³/mol. The molecule has 152 valence electrons. The van der Waals surface area contributed by atoms with E-state index in [1.807, 2.05) is 30.3 Å². The summed E-state index contributed by atoms with van der Waals surface area (Å²) >= 11 is 1.21. The van der Waals surface area contributed by atoms with E-state index >= 15 is 0 Å². The number of thiazole rings is 1. The summed E-state index contributed by atoms with van der Waals surface area (Å²) in [5.74, 6) is -0.870. The van der Waals surface area contributed by atoms with Crippen LogP contribution in [0.2, 0.25) is 0 Å². The minimum Gasteiger partial charge on any atom is -0.279 e. The number of rotatable bonds is 5. The Hall–Kier alpha value is -3.10. The lowest BCUT2D eigenvalue weighted by Gasteiger charge is -2.20. The van der Waals surface area contributed by atoms with Crippen LogP contribution in [0.5, 0.6) is 0 Å². The van der Waals surface area contributed by atoms with E-state index in [9.17, 15) is 17.6 Å². The largest absolute Gasteiger partial charge is 0.279 e. The van der Waals surface area contributed by atoms with Gasteiger partial charge in [-0.3, -0.25) is 9.69 Å². The Balaban J connectivity index is 1.80. The molecule has 4 aromatic rings. The first-order valence-electron chi connectivity index (χ1n) is 9.04. The maximum atomic E-state index is 14.2. The lowest BCUT2D eigenvalue weighted by molar-refractivity contribution is 0.0985. The molecule has 5 nitrogen and oxygen atoms in total. The van der Waals surface area contributed by atoms with Gasteiger partial charge in [-0.15, -0.1) is 0 Å². The third-order valence-electron chi connectivity index (χ3n) is 4.53. The van der Waals surface area contributed by atoms with Crippen molar-refractivity contribution >= 4 is 42.4 Å². The number of para-hydroxylation sites is 1. The van der Waals surface area contributed by atoms with Crippen molar-refractivity contribution in [1.29, 1.82) is 0 Å². The van der Waals surface area contributed by atoms with E-state index < -0.39 is 21.6 Å².